The van der Waals surface area contributed by atoms with Gasteiger partial charge in [-0.15, -0.1) is 0 Å². The van der Waals surface area contributed by atoms with Crippen LogP contribution in [0.4, 0.5) is 0 Å². The molecule has 3 atom stereocenters. The second-order valence-corrected chi connectivity index (χ2v) is 10.1. The molecule has 0 aromatic carbocycles. The molecule has 28 heavy (non-hydrogen) atoms. The summed E-state index contributed by atoms with van der Waals surface area (Å²) < 4.78 is 34.4. The van der Waals surface area contributed by atoms with Gasteiger partial charge in [0.05, 0.1) is 24.8 Å². The SMILES string of the molecule is CC(=O)C(NC(=O)CN1CCN(S(=O)(=O)N2CC(C)OC(C)C2)CC1)C(C)C. The van der Waals surface area contributed by atoms with Crippen LogP contribution in [0.2, 0.25) is 0 Å². The predicted octanol–water partition coefficient (Wildman–Crippen LogP) is -0.312. The molecule has 1 N–H and O–H groups in total. The lowest BCUT2D eigenvalue weighted by atomic mass is 10.0. The number of nitrogens with zero attached hydrogens (tertiary/aromatic N) is 3. The molecule has 2 saturated heterocycles. The minimum Gasteiger partial charge on any atom is -0.373 e. The van der Waals surface area contributed by atoms with Crippen LogP contribution in [0.3, 0.4) is 0 Å². The van der Waals surface area contributed by atoms with E-state index in [-0.39, 0.29) is 36.4 Å². The van der Waals surface area contributed by atoms with Gasteiger partial charge >= 0.3 is 0 Å². The molecule has 0 aliphatic carbocycles. The normalized spacial score (nSPS) is 26.9. The Kier molecular flexibility index (Phi) is 7.97. The Hall–Kier alpha value is -1.07. The highest BCUT2D eigenvalue weighted by molar-refractivity contribution is 7.86. The number of carbonyl (C=O) groups is 2. The van der Waals surface area contributed by atoms with Crippen LogP contribution in [-0.4, -0.2) is 97.7 Å². The zero-order valence-electron chi connectivity index (χ0n) is 17.6. The highest BCUT2D eigenvalue weighted by atomic mass is 32.2. The number of hydrogen-bond donors (Lipinski definition) is 1. The zero-order valence-corrected chi connectivity index (χ0v) is 18.4. The molecule has 0 bridgehead atoms. The Labute approximate surface area is 168 Å². The highest BCUT2D eigenvalue weighted by Gasteiger charge is 2.37. The zero-order chi connectivity index (χ0) is 21.1. The summed E-state index contributed by atoms with van der Waals surface area (Å²) in [5, 5.41) is 2.78. The van der Waals surface area contributed by atoms with Crippen molar-refractivity contribution in [2.24, 2.45) is 5.92 Å². The molecule has 2 fully saturated rings. The molecule has 2 aliphatic rings. The van der Waals surface area contributed by atoms with Crippen molar-refractivity contribution in [3.8, 4) is 0 Å². The van der Waals surface area contributed by atoms with Crippen LogP contribution in [0.25, 0.3) is 0 Å². The van der Waals surface area contributed by atoms with Crippen LogP contribution in [0, 0.1) is 5.92 Å². The molecule has 2 heterocycles. The van der Waals surface area contributed by atoms with E-state index in [1.54, 1.807) is 0 Å². The van der Waals surface area contributed by atoms with Crippen LogP contribution < -0.4 is 5.32 Å². The van der Waals surface area contributed by atoms with Gasteiger partial charge in [0.1, 0.15) is 0 Å². The largest absolute Gasteiger partial charge is 0.373 e. The lowest BCUT2D eigenvalue weighted by Crippen LogP contribution is -2.58. The van der Waals surface area contributed by atoms with Gasteiger partial charge in [0.15, 0.2) is 5.78 Å². The maximum Gasteiger partial charge on any atom is 0.282 e. The van der Waals surface area contributed by atoms with Crippen molar-refractivity contribution in [3.05, 3.63) is 0 Å². The monoisotopic (exact) mass is 418 g/mol. The van der Waals surface area contributed by atoms with Crippen molar-refractivity contribution in [2.75, 3.05) is 45.8 Å². The van der Waals surface area contributed by atoms with E-state index < -0.39 is 16.3 Å². The summed E-state index contributed by atoms with van der Waals surface area (Å²) in [6, 6.07) is -0.487. The number of morpholine rings is 1. The number of piperazine rings is 1. The van der Waals surface area contributed by atoms with E-state index in [1.807, 2.05) is 32.6 Å². The number of nitrogens with one attached hydrogen (secondary N) is 1. The smallest absolute Gasteiger partial charge is 0.282 e. The Bertz CT molecular complexity index is 651. The van der Waals surface area contributed by atoms with Gasteiger partial charge in [-0.25, -0.2) is 0 Å². The average molecular weight is 419 g/mol. The summed E-state index contributed by atoms with van der Waals surface area (Å²) in [6.07, 6.45) is -0.252. The van der Waals surface area contributed by atoms with E-state index >= 15 is 0 Å². The molecule has 162 valence electrons. The van der Waals surface area contributed by atoms with Crippen LogP contribution in [0.5, 0.6) is 0 Å². The van der Waals surface area contributed by atoms with Gasteiger partial charge in [-0.2, -0.15) is 17.0 Å². The number of Topliss-reactive ketones (excluding diaryl/α,β-unsaturated/α-hetero) is 1. The quantitative estimate of drug-likeness (QED) is 0.609. The summed E-state index contributed by atoms with van der Waals surface area (Å²) in [4.78, 5) is 25.8. The van der Waals surface area contributed by atoms with E-state index in [9.17, 15) is 18.0 Å². The Balaban J connectivity index is 1.86. The van der Waals surface area contributed by atoms with Crippen LogP contribution in [0.15, 0.2) is 0 Å². The molecular weight excluding hydrogens is 384 g/mol. The number of carbonyl (C=O) groups excluding carboxylic acids is 2. The molecule has 1 amide bonds. The molecule has 0 radical (unpaired) electrons. The van der Waals surface area contributed by atoms with Crippen molar-refractivity contribution in [3.63, 3.8) is 0 Å². The lowest BCUT2D eigenvalue weighted by molar-refractivity contribution is -0.128. The van der Waals surface area contributed by atoms with Gasteiger partial charge in [-0.05, 0) is 26.7 Å². The van der Waals surface area contributed by atoms with Crippen molar-refractivity contribution >= 4 is 21.9 Å². The summed E-state index contributed by atoms with van der Waals surface area (Å²) in [7, 11) is -3.53. The van der Waals surface area contributed by atoms with Gasteiger partial charge in [0, 0.05) is 39.3 Å². The lowest BCUT2D eigenvalue weighted by Gasteiger charge is -2.40. The summed E-state index contributed by atoms with van der Waals surface area (Å²) in [6.45, 7) is 11.5. The third kappa shape index (κ3) is 5.96. The second-order valence-electron chi connectivity index (χ2n) is 8.16. The van der Waals surface area contributed by atoms with Crippen molar-refractivity contribution in [1.29, 1.82) is 0 Å². The molecule has 0 aromatic rings. The first kappa shape index (κ1) is 23.2. The van der Waals surface area contributed by atoms with E-state index in [2.05, 4.69) is 5.32 Å². The third-order valence-electron chi connectivity index (χ3n) is 5.16. The molecule has 0 saturated carbocycles. The minimum absolute atomic E-state index is 0.0294. The first-order valence-corrected chi connectivity index (χ1v) is 11.3. The average Bonchev–Trinajstić information content (AvgIpc) is 2.58. The van der Waals surface area contributed by atoms with E-state index in [0.717, 1.165) is 0 Å². The summed E-state index contributed by atoms with van der Waals surface area (Å²) >= 11 is 0. The number of amides is 1. The molecular formula is C18H34N4O5S. The highest BCUT2D eigenvalue weighted by Crippen LogP contribution is 2.18. The summed E-state index contributed by atoms with van der Waals surface area (Å²) in [5.74, 6) is -0.240. The van der Waals surface area contributed by atoms with Gasteiger partial charge in [0.25, 0.3) is 10.2 Å². The fourth-order valence-electron chi connectivity index (χ4n) is 3.76. The van der Waals surface area contributed by atoms with Crippen molar-refractivity contribution < 1.29 is 22.7 Å². The first-order chi connectivity index (χ1) is 13.0. The molecule has 3 unspecified atom stereocenters. The fraction of sp³-hybridized carbons (Fsp3) is 0.889. The van der Waals surface area contributed by atoms with Crippen LogP contribution in [0.1, 0.15) is 34.6 Å². The number of hydrogen-bond acceptors (Lipinski definition) is 6. The third-order valence-corrected chi connectivity index (χ3v) is 7.13. The predicted molar refractivity (Wildman–Crippen MR) is 106 cm³/mol. The standard InChI is InChI=1S/C18H34N4O5S/c1-13(2)18(16(5)23)19-17(24)12-20-6-8-21(9-7-20)28(25,26)22-10-14(3)27-15(4)11-22/h13-15,18H,6-12H2,1-5H3,(H,19,24). The maximum absolute atomic E-state index is 12.9. The first-order valence-electron chi connectivity index (χ1n) is 9.93. The number of ketones is 1. The van der Waals surface area contributed by atoms with Gasteiger partial charge in [-0.1, -0.05) is 13.8 Å². The number of ether oxygens (including phenoxy) is 1. The van der Waals surface area contributed by atoms with E-state index in [4.69, 9.17) is 4.74 Å². The maximum atomic E-state index is 12.9. The van der Waals surface area contributed by atoms with Crippen LogP contribution in [-0.2, 0) is 24.5 Å². The molecule has 0 spiro atoms. The summed E-state index contributed by atoms with van der Waals surface area (Å²) in [5.41, 5.74) is 0. The van der Waals surface area contributed by atoms with Crippen molar-refractivity contribution in [1.82, 2.24) is 18.8 Å². The van der Waals surface area contributed by atoms with Gasteiger partial charge in [-0.3, -0.25) is 14.5 Å². The van der Waals surface area contributed by atoms with Crippen LogP contribution >= 0.6 is 0 Å². The molecule has 9 nitrogen and oxygen atoms in total. The minimum atomic E-state index is -3.53. The molecule has 10 heteroatoms. The van der Waals surface area contributed by atoms with E-state index in [1.165, 1.54) is 15.5 Å². The topological polar surface area (TPSA) is 99.3 Å². The van der Waals surface area contributed by atoms with E-state index in [0.29, 0.717) is 39.3 Å². The fourth-order valence-corrected chi connectivity index (χ4v) is 5.51. The Morgan fingerprint density at radius 2 is 1.57 bits per heavy atom. The van der Waals surface area contributed by atoms with Crippen molar-refractivity contribution in [2.45, 2.75) is 52.9 Å². The van der Waals surface area contributed by atoms with Gasteiger partial charge < -0.3 is 10.1 Å². The Morgan fingerprint density at radius 1 is 1.04 bits per heavy atom. The molecule has 2 rings (SSSR count). The molecule has 0 aromatic heterocycles. The Morgan fingerprint density at radius 3 is 2.04 bits per heavy atom. The number of rotatable bonds is 7. The van der Waals surface area contributed by atoms with Gasteiger partial charge in [0.2, 0.25) is 5.91 Å². The molecule has 2 aliphatic heterocycles. The second kappa shape index (κ2) is 9.62.